The Hall–Kier alpha value is -2.15. The molecule has 35 heavy (non-hydrogen) atoms. The van der Waals surface area contributed by atoms with Crippen molar-refractivity contribution in [3.8, 4) is 0 Å². The molecule has 7 nitrogen and oxygen atoms in total. The zero-order chi connectivity index (χ0) is 25.7. The Labute approximate surface area is 205 Å². The molecule has 4 rings (SSSR count). The molecular formula is C22H21ClF3NO6S2. The molecule has 2 unspecified atom stereocenters. The number of hydrogen-bond acceptors (Lipinski definition) is 6. The van der Waals surface area contributed by atoms with E-state index >= 15 is 0 Å². The molecular weight excluding hydrogens is 531 g/mol. The van der Waals surface area contributed by atoms with Crippen LogP contribution in [0.2, 0.25) is 5.02 Å². The van der Waals surface area contributed by atoms with E-state index in [0.717, 1.165) is 12.3 Å². The van der Waals surface area contributed by atoms with Gasteiger partial charge >= 0.3 is 0 Å². The number of sulfone groups is 1. The average Bonchev–Trinajstić information content (AvgIpc) is 3.34. The highest BCUT2D eigenvalue weighted by molar-refractivity contribution is 7.92. The summed E-state index contributed by atoms with van der Waals surface area (Å²) >= 11 is 6.20. The lowest BCUT2D eigenvalue weighted by atomic mass is 9.90. The number of carbonyl (C=O) groups is 1. The third-order valence-electron chi connectivity index (χ3n) is 6.56. The van der Waals surface area contributed by atoms with E-state index in [2.05, 4.69) is 5.32 Å². The van der Waals surface area contributed by atoms with Gasteiger partial charge in [-0.15, -0.1) is 0 Å². The van der Waals surface area contributed by atoms with E-state index in [9.17, 15) is 34.8 Å². The highest BCUT2D eigenvalue weighted by Gasteiger charge is 2.54. The molecule has 1 amide bonds. The standard InChI is InChI=1S/C22H21ClF3NO6S2/c1-34(29,30)33-10-13-6-11-2-4-15(13)21(11)35(31,32)19-7-12(3-5-16(19)23)22(28)27-14-8-17(24)20(26)18(25)9-14/h3,5,7-9,11,13,15,21H,2,4,6,10H2,1H3,(H,27,28)/t11?,13-,15?,21-/m1/s1. The number of nitrogens with one attached hydrogen (secondary N) is 1. The number of amides is 1. The number of hydrogen-bond donors (Lipinski definition) is 1. The summed E-state index contributed by atoms with van der Waals surface area (Å²) < 4.78 is 95.0. The molecule has 4 atom stereocenters. The minimum Gasteiger partial charge on any atom is -0.322 e. The second-order valence-electron chi connectivity index (χ2n) is 8.85. The monoisotopic (exact) mass is 551 g/mol. The summed E-state index contributed by atoms with van der Waals surface area (Å²) in [5.74, 6) is -6.35. The van der Waals surface area contributed by atoms with E-state index in [0.29, 0.717) is 31.4 Å². The molecule has 2 saturated carbocycles. The molecule has 13 heteroatoms. The van der Waals surface area contributed by atoms with E-state index in [1.54, 1.807) is 0 Å². The maximum Gasteiger partial charge on any atom is 0.264 e. The van der Waals surface area contributed by atoms with Gasteiger partial charge in [0.2, 0.25) is 0 Å². The lowest BCUT2D eigenvalue weighted by Crippen LogP contribution is -2.29. The van der Waals surface area contributed by atoms with E-state index in [-0.39, 0.29) is 45.5 Å². The summed E-state index contributed by atoms with van der Waals surface area (Å²) in [5.41, 5.74) is -0.492. The maximum atomic E-state index is 13.6. The summed E-state index contributed by atoms with van der Waals surface area (Å²) in [7, 11) is -7.70. The Balaban J connectivity index is 1.59. The van der Waals surface area contributed by atoms with Crippen LogP contribution in [0.25, 0.3) is 0 Å². The molecule has 2 aliphatic carbocycles. The van der Waals surface area contributed by atoms with Crippen molar-refractivity contribution in [3.63, 3.8) is 0 Å². The fourth-order valence-corrected chi connectivity index (χ4v) is 8.49. The first kappa shape index (κ1) is 25.9. The first-order chi connectivity index (χ1) is 16.3. The molecule has 1 N–H and O–H groups in total. The molecule has 2 aromatic rings. The molecule has 0 aliphatic heterocycles. The number of benzene rings is 2. The van der Waals surface area contributed by atoms with Gasteiger partial charge in [0.1, 0.15) is 0 Å². The molecule has 0 heterocycles. The second kappa shape index (κ2) is 9.38. The molecule has 0 spiro atoms. The van der Waals surface area contributed by atoms with Crippen molar-refractivity contribution in [1.29, 1.82) is 0 Å². The van der Waals surface area contributed by atoms with Crippen LogP contribution in [-0.4, -0.2) is 40.9 Å². The van der Waals surface area contributed by atoms with E-state index < -0.39 is 48.6 Å². The molecule has 0 aromatic heterocycles. The van der Waals surface area contributed by atoms with Gasteiger partial charge in [0.15, 0.2) is 27.3 Å². The quantitative estimate of drug-likeness (QED) is 0.409. The molecule has 190 valence electrons. The number of fused-ring (bicyclic) bond motifs is 2. The predicted octanol–water partition coefficient (Wildman–Crippen LogP) is 4.17. The summed E-state index contributed by atoms with van der Waals surface area (Å²) in [6.45, 7) is -0.104. The zero-order valence-corrected chi connectivity index (χ0v) is 20.7. The predicted molar refractivity (Wildman–Crippen MR) is 122 cm³/mol. The number of carbonyl (C=O) groups excluding carboxylic acids is 1. The van der Waals surface area contributed by atoms with Gasteiger partial charge in [-0.25, -0.2) is 21.6 Å². The third-order valence-corrected chi connectivity index (χ3v) is 9.97. The Morgan fingerprint density at radius 1 is 1.09 bits per heavy atom. The topological polar surface area (TPSA) is 107 Å². The summed E-state index contributed by atoms with van der Waals surface area (Å²) in [6, 6.07) is 4.76. The van der Waals surface area contributed by atoms with Crippen molar-refractivity contribution in [1.82, 2.24) is 0 Å². The summed E-state index contributed by atoms with van der Waals surface area (Å²) in [5, 5.41) is 1.29. The first-order valence-electron chi connectivity index (χ1n) is 10.6. The van der Waals surface area contributed by atoms with Crippen LogP contribution in [0.1, 0.15) is 29.6 Å². The third kappa shape index (κ3) is 5.20. The van der Waals surface area contributed by atoms with E-state index in [4.69, 9.17) is 15.8 Å². The molecule has 2 aliphatic rings. The molecule has 2 bridgehead atoms. The van der Waals surface area contributed by atoms with Gasteiger partial charge in [0.25, 0.3) is 16.0 Å². The lowest BCUT2D eigenvalue weighted by Gasteiger charge is -2.22. The van der Waals surface area contributed by atoms with Crippen molar-refractivity contribution in [3.05, 3.63) is 58.4 Å². The minimum atomic E-state index is -4.03. The Morgan fingerprint density at radius 3 is 2.37 bits per heavy atom. The van der Waals surface area contributed by atoms with Crippen LogP contribution in [0.3, 0.4) is 0 Å². The van der Waals surface area contributed by atoms with Crippen LogP contribution in [-0.2, 0) is 24.1 Å². The largest absolute Gasteiger partial charge is 0.322 e. The SMILES string of the molecule is CS(=O)(=O)OC[C@H]1CC2CCC1[C@@H]2S(=O)(=O)c1cc(C(=O)Nc2cc(F)c(F)c(F)c2)ccc1Cl. The van der Waals surface area contributed by atoms with Gasteiger partial charge < -0.3 is 5.32 Å². The Bertz CT molecular complexity index is 1380. The highest BCUT2D eigenvalue weighted by atomic mass is 35.5. The van der Waals surface area contributed by atoms with Crippen molar-refractivity contribution in [2.45, 2.75) is 29.4 Å². The average molecular weight is 552 g/mol. The normalized spacial score (nSPS) is 24.0. The minimum absolute atomic E-state index is 0.101. The lowest BCUT2D eigenvalue weighted by molar-refractivity contribution is 0.102. The van der Waals surface area contributed by atoms with E-state index in [1.165, 1.54) is 12.1 Å². The maximum absolute atomic E-state index is 13.6. The van der Waals surface area contributed by atoms with Crippen molar-refractivity contribution in [2.24, 2.45) is 17.8 Å². The van der Waals surface area contributed by atoms with Crippen LogP contribution >= 0.6 is 11.6 Å². The summed E-state index contributed by atoms with van der Waals surface area (Å²) in [6.07, 6.45) is 2.66. The molecule has 0 radical (unpaired) electrons. The van der Waals surface area contributed by atoms with Gasteiger partial charge in [-0.05, 0) is 55.2 Å². The molecule has 2 fully saturated rings. The fraction of sp³-hybridized carbons (Fsp3) is 0.409. The van der Waals surface area contributed by atoms with Crippen molar-refractivity contribution >= 4 is 43.2 Å². The molecule has 2 aromatic carbocycles. The van der Waals surface area contributed by atoms with Crippen LogP contribution in [0.4, 0.5) is 18.9 Å². The van der Waals surface area contributed by atoms with Gasteiger partial charge in [0, 0.05) is 23.4 Å². The number of halogens is 4. The van der Waals surface area contributed by atoms with E-state index in [1.807, 2.05) is 0 Å². The van der Waals surface area contributed by atoms with Crippen LogP contribution < -0.4 is 5.32 Å². The van der Waals surface area contributed by atoms with Crippen LogP contribution in [0.5, 0.6) is 0 Å². The zero-order valence-electron chi connectivity index (χ0n) is 18.3. The number of rotatable bonds is 7. The van der Waals surface area contributed by atoms with Crippen LogP contribution in [0.15, 0.2) is 35.2 Å². The first-order valence-corrected chi connectivity index (χ1v) is 14.4. The van der Waals surface area contributed by atoms with Crippen molar-refractivity contribution in [2.75, 3.05) is 18.2 Å². The van der Waals surface area contributed by atoms with Gasteiger partial charge in [-0.3, -0.25) is 8.98 Å². The second-order valence-corrected chi connectivity index (χ2v) is 13.0. The van der Waals surface area contributed by atoms with Crippen molar-refractivity contribution < 1.29 is 39.0 Å². The van der Waals surface area contributed by atoms with Gasteiger partial charge in [0.05, 0.1) is 28.0 Å². The summed E-state index contributed by atoms with van der Waals surface area (Å²) in [4.78, 5) is 12.4. The van der Waals surface area contributed by atoms with Gasteiger partial charge in [-0.2, -0.15) is 8.42 Å². The Kier molecular flexibility index (Phi) is 6.95. The van der Waals surface area contributed by atoms with Gasteiger partial charge in [-0.1, -0.05) is 11.6 Å². The highest BCUT2D eigenvalue weighted by Crippen LogP contribution is 2.53. The Morgan fingerprint density at radius 2 is 1.74 bits per heavy atom. The number of anilines is 1. The smallest absolute Gasteiger partial charge is 0.264 e. The van der Waals surface area contributed by atoms with Crippen LogP contribution in [0, 0.1) is 35.2 Å². The fourth-order valence-electron chi connectivity index (χ4n) is 5.13. The molecule has 0 saturated heterocycles.